The lowest BCUT2D eigenvalue weighted by Crippen LogP contribution is -2.13. The Kier molecular flexibility index (Phi) is 2.07. The molecule has 2 nitrogen and oxygen atoms in total. The van der Waals surface area contributed by atoms with E-state index in [1.807, 2.05) is 0 Å². The van der Waals surface area contributed by atoms with Gasteiger partial charge in [-0.05, 0) is 12.1 Å². The smallest absolute Gasteiger partial charge is 0.398 e. The summed E-state index contributed by atoms with van der Waals surface area (Å²) < 4.78 is 49.1. The Balaban J connectivity index is 3.43. The first-order valence-corrected chi connectivity index (χ1v) is 3.24. The van der Waals surface area contributed by atoms with Crippen LogP contribution in [-0.4, -0.2) is 0 Å². The van der Waals surface area contributed by atoms with Crippen LogP contribution in [0.5, 0.6) is 0 Å². The highest BCUT2D eigenvalue weighted by Crippen LogP contribution is 2.38. The van der Waals surface area contributed by atoms with Gasteiger partial charge in [-0.1, -0.05) is 0 Å². The highest BCUT2D eigenvalue weighted by molar-refractivity contribution is 5.63. The third-order valence-corrected chi connectivity index (χ3v) is 1.51. The van der Waals surface area contributed by atoms with Crippen LogP contribution in [0.1, 0.15) is 5.56 Å². The number of rotatable bonds is 0. The molecule has 0 saturated carbocycles. The first kappa shape index (κ1) is 9.63. The summed E-state index contributed by atoms with van der Waals surface area (Å²) in [5.41, 5.74) is 7.05. The van der Waals surface area contributed by atoms with E-state index >= 15 is 0 Å². The SMILES string of the molecule is Nc1ccc(F)c(N)c1C(F)(F)F. The summed E-state index contributed by atoms with van der Waals surface area (Å²) in [5, 5.41) is 0. The minimum absolute atomic E-state index is 0.577. The van der Waals surface area contributed by atoms with Gasteiger partial charge in [-0.3, -0.25) is 0 Å². The number of halogens is 4. The molecule has 0 fully saturated rings. The van der Waals surface area contributed by atoms with Crippen LogP contribution in [0.25, 0.3) is 0 Å². The van der Waals surface area contributed by atoms with Crippen molar-refractivity contribution in [2.75, 3.05) is 11.5 Å². The number of hydrogen-bond donors (Lipinski definition) is 2. The van der Waals surface area contributed by atoms with E-state index in [2.05, 4.69) is 0 Å². The second-order valence-electron chi connectivity index (χ2n) is 2.42. The molecule has 0 radical (unpaired) electrons. The van der Waals surface area contributed by atoms with Crippen LogP contribution in [0.15, 0.2) is 12.1 Å². The average molecular weight is 194 g/mol. The van der Waals surface area contributed by atoms with Crippen LogP contribution in [0.3, 0.4) is 0 Å². The predicted octanol–water partition coefficient (Wildman–Crippen LogP) is 2.01. The molecule has 0 heterocycles. The van der Waals surface area contributed by atoms with Gasteiger partial charge in [-0.25, -0.2) is 4.39 Å². The molecule has 0 amide bonds. The zero-order valence-electron chi connectivity index (χ0n) is 6.32. The maximum absolute atomic E-state index is 12.6. The first-order chi connectivity index (χ1) is 5.84. The van der Waals surface area contributed by atoms with Gasteiger partial charge in [0, 0.05) is 5.69 Å². The van der Waals surface area contributed by atoms with Crippen molar-refractivity contribution < 1.29 is 17.6 Å². The number of nitrogen functional groups attached to an aromatic ring is 2. The van der Waals surface area contributed by atoms with Crippen molar-refractivity contribution in [3.05, 3.63) is 23.5 Å². The van der Waals surface area contributed by atoms with Crippen molar-refractivity contribution in [1.29, 1.82) is 0 Å². The molecule has 0 aliphatic heterocycles. The molecule has 72 valence electrons. The number of hydrogen-bond acceptors (Lipinski definition) is 2. The van der Waals surface area contributed by atoms with E-state index in [9.17, 15) is 17.6 Å². The molecule has 0 aliphatic rings. The van der Waals surface area contributed by atoms with E-state index < -0.39 is 28.9 Å². The maximum Gasteiger partial charge on any atom is 0.420 e. The molecule has 4 N–H and O–H groups in total. The summed E-state index contributed by atoms with van der Waals surface area (Å²) in [4.78, 5) is 0. The summed E-state index contributed by atoms with van der Waals surface area (Å²) in [6.45, 7) is 0. The van der Waals surface area contributed by atoms with Crippen molar-refractivity contribution in [2.45, 2.75) is 6.18 Å². The molecular weight excluding hydrogens is 188 g/mol. The Hall–Kier alpha value is -1.46. The molecular formula is C7H6F4N2. The Morgan fingerprint density at radius 3 is 2.00 bits per heavy atom. The van der Waals surface area contributed by atoms with Gasteiger partial charge >= 0.3 is 6.18 Å². The third-order valence-electron chi connectivity index (χ3n) is 1.51. The molecule has 0 unspecified atom stereocenters. The fourth-order valence-electron chi connectivity index (χ4n) is 0.927. The number of alkyl halides is 3. The van der Waals surface area contributed by atoms with Gasteiger partial charge in [0.25, 0.3) is 0 Å². The molecule has 0 bridgehead atoms. The van der Waals surface area contributed by atoms with Crippen molar-refractivity contribution in [3.63, 3.8) is 0 Å². The Morgan fingerprint density at radius 1 is 1.08 bits per heavy atom. The van der Waals surface area contributed by atoms with Crippen molar-refractivity contribution >= 4 is 11.4 Å². The highest BCUT2D eigenvalue weighted by atomic mass is 19.4. The zero-order chi connectivity index (χ0) is 10.2. The van der Waals surface area contributed by atoms with Crippen LogP contribution >= 0.6 is 0 Å². The minimum Gasteiger partial charge on any atom is -0.398 e. The highest BCUT2D eigenvalue weighted by Gasteiger charge is 2.36. The molecule has 1 aromatic rings. The van der Waals surface area contributed by atoms with E-state index in [4.69, 9.17) is 11.5 Å². The molecule has 0 spiro atoms. The third kappa shape index (κ3) is 1.66. The van der Waals surface area contributed by atoms with Crippen LogP contribution in [0.2, 0.25) is 0 Å². The van der Waals surface area contributed by atoms with Gasteiger partial charge in [0.15, 0.2) is 0 Å². The molecule has 13 heavy (non-hydrogen) atoms. The van der Waals surface area contributed by atoms with Gasteiger partial charge in [0.2, 0.25) is 0 Å². The summed E-state index contributed by atoms with van der Waals surface area (Å²) in [7, 11) is 0. The topological polar surface area (TPSA) is 52.0 Å². The summed E-state index contributed by atoms with van der Waals surface area (Å²) in [5.74, 6) is -1.12. The van der Waals surface area contributed by atoms with Gasteiger partial charge < -0.3 is 11.5 Å². The largest absolute Gasteiger partial charge is 0.420 e. The zero-order valence-corrected chi connectivity index (χ0v) is 6.32. The van der Waals surface area contributed by atoms with E-state index in [0.29, 0.717) is 0 Å². The van der Waals surface area contributed by atoms with Crippen LogP contribution in [-0.2, 0) is 6.18 Å². The Labute approximate surface area is 71.1 Å². The van der Waals surface area contributed by atoms with E-state index in [1.54, 1.807) is 0 Å². The van der Waals surface area contributed by atoms with Crippen molar-refractivity contribution in [3.8, 4) is 0 Å². The van der Waals surface area contributed by atoms with E-state index in [-0.39, 0.29) is 0 Å². The molecule has 0 aromatic heterocycles. The minimum atomic E-state index is -4.73. The molecule has 0 aliphatic carbocycles. The normalized spacial score (nSPS) is 11.7. The number of anilines is 2. The molecule has 0 saturated heterocycles. The number of nitrogens with two attached hydrogens (primary N) is 2. The number of benzene rings is 1. The van der Waals surface area contributed by atoms with Gasteiger partial charge in [-0.2, -0.15) is 13.2 Å². The summed E-state index contributed by atoms with van der Waals surface area (Å²) in [6.07, 6.45) is -4.73. The molecule has 1 aromatic carbocycles. The fourth-order valence-corrected chi connectivity index (χ4v) is 0.927. The summed E-state index contributed by atoms with van der Waals surface area (Å²) >= 11 is 0. The average Bonchev–Trinajstić information content (AvgIpc) is 1.95. The molecule has 6 heteroatoms. The maximum atomic E-state index is 12.6. The monoisotopic (exact) mass is 194 g/mol. The predicted molar refractivity (Wildman–Crippen MR) is 40.2 cm³/mol. The standard InChI is InChI=1S/C7H6F4N2/c8-3-1-2-4(12)5(6(3)13)7(9,10)11/h1-2H,12-13H2. The van der Waals surface area contributed by atoms with Gasteiger partial charge in [0.1, 0.15) is 11.4 Å². The lowest BCUT2D eigenvalue weighted by molar-refractivity contribution is -0.136. The fraction of sp³-hybridized carbons (Fsp3) is 0.143. The van der Waals surface area contributed by atoms with Crippen LogP contribution < -0.4 is 11.5 Å². The molecule has 1 rings (SSSR count). The second-order valence-corrected chi connectivity index (χ2v) is 2.42. The second kappa shape index (κ2) is 2.79. The van der Waals surface area contributed by atoms with Crippen LogP contribution in [0.4, 0.5) is 28.9 Å². The molecule has 0 atom stereocenters. The van der Waals surface area contributed by atoms with E-state index in [1.165, 1.54) is 0 Å². The lowest BCUT2D eigenvalue weighted by Gasteiger charge is -2.12. The quantitative estimate of drug-likeness (QED) is 0.490. The lowest BCUT2D eigenvalue weighted by atomic mass is 10.1. The Morgan fingerprint density at radius 2 is 1.62 bits per heavy atom. The first-order valence-electron chi connectivity index (χ1n) is 3.24. The van der Waals surface area contributed by atoms with E-state index in [0.717, 1.165) is 12.1 Å². The Bertz CT molecular complexity index is 332. The van der Waals surface area contributed by atoms with Crippen LogP contribution in [0, 0.1) is 5.82 Å². The van der Waals surface area contributed by atoms with Gasteiger partial charge in [0.05, 0.1) is 5.69 Å². The summed E-state index contributed by atoms with van der Waals surface area (Å²) in [6, 6.07) is 1.62. The van der Waals surface area contributed by atoms with Gasteiger partial charge in [-0.15, -0.1) is 0 Å². The van der Waals surface area contributed by atoms with Crippen molar-refractivity contribution in [2.24, 2.45) is 0 Å². The van der Waals surface area contributed by atoms with Crippen molar-refractivity contribution in [1.82, 2.24) is 0 Å².